The van der Waals surface area contributed by atoms with E-state index in [1.165, 1.54) is 116 Å². The highest BCUT2D eigenvalue weighted by Gasteiger charge is 2.47. The first-order valence-electron chi connectivity index (χ1n) is 15.9. The molecule has 38 heavy (non-hydrogen) atoms. The SMILES string of the molecule is C1CNCC[C@H](N2CCCC3(CC3)C2)C1.CC(C)(C)OC(=O)N1CCC[C@@H](N2CCCC3(CC3)C2)CC1.Cl. The third-order valence-electron chi connectivity index (χ3n) is 10.2. The van der Waals surface area contributed by atoms with Crippen molar-refractivity contribution in [1.82, 2.24) is 20.0 Å². The van der Waals surface area contributed by atoms with Crippen molar-refractivity contribution >= 4 is 18.5 Å². The van der Waals surface area contributed by atoms with E-state index in [-0.39, 0.29) is 18.5 Å². The van der Waals surface area contributed by atoms with Gasteiger partial charge in [0.25, 0.3) is 0 Å². The summed E-state index contributed by atoms with van der Waals surface area (Å²) in [5.74, 6) is 0. The van der Waals surface area contributed by atoms with Gasteiger partial charge in [-0.2, -0.15) is 0 Å². The van der Waals surface area contributed by atoms with E-state index in [0.717, 1.165) is 37.4 Å². The molecule has 0 unspecified atom stereocenters. The summed E-state index contributed by atoms with van der Waals surface area (Å²) >= 11 is 0. The zero-order valence-corrected chi connectivity index (χ0v) is 25.6. The Morgan fingerprint density at radius 1 is 0.711 bits per heavy atom. The summed E-state index contributed by atoms with van der Waals surface area (Å²) in [7, 11) is 0. The molecule has 1 N–H and O–H groups in total. The van der Waals surface area contributed by atoms with E-state index in [1.807, 2.05) is 25.7 Å². The lowest BCUT2D eigenvalue weighted by molar-refractivity contribution is 0.0249. The molecule has 6 aliphatic rings. The first-order valence-corrected chi connectivity index (χ1v) is 15.9. The molecule has 2 saturated carbocycles. The monoisotopic (exact) mass is 552 g/mol. The van der Waals surface area contributed by atoms with Crippen LogP contribution in [0.15, 0.2) is 0 Å². The van der Waals surface area contributed by atoms with Gasteiger partial charge in [0.05, 0.1) is 0 Å². The maximum Gasteiger partial charge on any atom is 0.410 e. The molecule has 0 aromatic heterocycles. The van der Waals surface area contributed by atoms with Gasteiger partial charge in [-0.15, -0.1) is 12.4 Å². The van der Waals surface area contributed by atoms with E-state index in [0.29, 0.717) is 11.5 Å². The fourth-order valence-corrected chi connectivity index (χ4v) is 7.60. The summed E-state index contributed by atoms with van der Waals surface area (Å²) in [6.45, 7) is 15.4. The summed E-state index contributed by atoms with van der Waals surface area (Å²) in [6.07, 6.45) is 19.2. The Labute approximate surface area is 239 Å². The van der Waals surface area contributed by atoms with Gasteiger partial charge in [0.1, 0.15) is 5.60 Å². The standard InChI is InChI=1S/C18H32N2O2.C13H24N2.ClH/c1-17(2,3)22-16(21)19-11-4-6-15(7-13-19)20-12-5-8-18(14-20)9-10-18;1-3-12(4-9-14-8-1)15-10-2-5-13(11-15)6-7-13;/h15H,4-14H2,1-3H3;12,14H,1-11H2;1H/t15-;12-;/m11./s1. The highest BCUT2D eigenvalue weighted by molar-refractivity contribution is 5.85. The average molecular weight is 553 g/mol. The predicted molar refractivity (Wildman–Crippen MR) is 158 cm³/mol. The van der Waals surface area contributed by atoms with E-state index >= 15 is 0 Å². The Kier molecular flexibility index (Phi) is 10.4. The van der Waals surface area contributed by atoms with Gasteiger partial charge in [0.2, 0.25) is 0 Å². The van der Waals surface area contributed by atoms with E-state index in [4.69, 9.17) is 4.74 Å². The fraction of sp³-hybridized carbons (Fsp3) is 0.968. The molecule has 0 radical (unpaired) electrons. The van der Waals surface area contributed by atoms with E-state index in [2.05, 4.69) is 15.1 Å². The lowest BCUT2D eigenvalue weighted by Crippen LogP contribution is -2.44. The molecule has 1 amide bonds. The van der Waals surface area contributed by atoms with Crippen LogP contribution >= 0.6 is 12.4 Å². The summed E-state index contributed by atoms with van der Waals surface area (Å²) < 4.78 is 5.53. The van der Waals surface area contributed by atoms with Crippen LogP contribution in [0.1, 0.15) is 111 Å². The van der Waals surface area contributed by atoms with Gasteiger partial charge in [-0.05, 0) is 148 Å². The molecular weight excluding hydrogens is 496 g/mol. The average Bonchev–Trinajstić information content (AvgIpc) is 3.77. The van der Waals surface area contributed by atoms with Crippen molar-refractivity contribution in [2.75, 3.05) is 52.4 Å². The highest BCUT2D eigenvalue weighted by Crippen LogP contribution is 2.53. The fourth-order valence-electron chi connectivity index (χ4n) is 7.60. The number of halogens is 1. The third-order valence-corrected chi connectivity index (χ3v) is 10.2. The summed E-state index contributed by atoms with van der Waals surface area (Å²) in [6, 6.07) is 1.57. The number of ether oxygens (including phenoxy) is 1. The maximum absolute atomic E-state index is 12.3. The lowest BCUT2D eigenvalue weighted by atomic mass is 9.92. The molecule has 2 atom stereocenters. The van der Waals surface area contributed by atoms with Crippen molar-refractivity contribution in [2.24, 2.45) is 10.8 Å². The van der Waals surface area contributed by atoms with Crippen molar-refractivity contribution in [2.45, 2.75) is 128 Å². The molecule has 2 aliphatic carbocycles. The summed E-state index contributed by atoms with van der Waals surface area (Å²) in [4.78, 5) is 19.7. The van der Waals surface area contributed by atoms with Crippen molar-refractivity contribution in [3.05, 3.63) is 0 Å². The Hall–Kier alpha value is -0.560. The zero-order chi connectivity index (χ0) is 25.9. The first kappa shape index (κ1) is 30.4. The van der Waals surface area contributed by atoms with E-state index < -0.39 is 5.60 Å². The summed E-state index contributed by atoms with van der Waals surface area (Å²) in [5, 5.41) is 3.53. The molecule has 0 bridgehead atoms. The smallest absolute Gasteiger partial charge is 0.410 e. The number of carbonyl (C=O) groups excluding carboxylic acids is 1. The number of hydrogen-bond acceptors (Lipinski definition) is 5. The second-order valence-electron chi connectivity index (χ2n) is 14.5. The molecular formula is C31H57ClN4O2. The molecule has 2 spiro atoms. The normalized spacial score (nSPS) is 31.3. The Balaban J connectivity index is 0.000000184. The van der Waals surface area contributed by atoms with Gasteiger partial charge < -0.3 is 15.0 Å². The Bertz CT molecular complexity index is 755. The molecule has 0 aromatic rings. The molecule has 6 fully saturated rings. The highest BCUT2D eigenvalue weighted by atomic mass is 35.5. The number of amides is 1. The number of piperidine rings is 2. The number of rotatable bonds is 2. The largest absolute Gasteiger partial charge is 0.444 e. The van der Waals surface area contributed by atoms with Crippen molar-refractivity contribution in [3.8, 4) is 0 Å². The number of carbonyl (C=O) groups is 1. The van der Waals surface area contributed by atoms with Crippen LogP contribution in [0.4, 0.5) is 4.79 Å². The Morgan fingerprint density at radius 3 is 1.87 bits per heavy atom. The molecule has 4 saturated heterocycles. The van der Waals surface area contributed by atoms with Crippen LogP contribution in [0.25, 0.3) is 0 Å². The lowest BCUT2D eigenvalue weighted by Gasteiger charge is -2.38. The van der Waals surface area contributed by atoms with E-state index in [1.54, 1.807) is 0 Å². The zero-order valence-electron chi connectivity index (χ0n) is 24.8. The predicted octanol–water partition coefficient (Wildman–Crippen LogP) is 6.08. The van der Waals surface area contributed by atoms with Crippen LogP contribution in [-0.4, -0.2) is 90.8 Å². The number of hydrogen-bond donors (Lipinski definition) is 1. The van der Waals surface area contributed by atoms with Crippen molar-refractivity contribution < 1.29 is 9.53 Å². The van der Waals surface area contributed by atoms with E-state index in [9.17, 15) is 4.79 Å². The minimum Gasteiger partial charge on any atom is -0.444 e. The minimum absolute atomic E-state index is 0. The quantitative estimate of drug-likeness (QED) is 0.450. The number of likely N-dealkylation sites (tertiary alicyclic amines) is 3. The van der Waals surface area contributed by atoms with Crippen LogP contribution < -0.4 is 5.32 Å². The molecule has 0 aromatic carbocycles. The van der Waals surface area contributed by atoms with Crippen LogP contribution in [-0.2, 0) is 4.74 Å². The van der Waals surface area contributed by atoms with Crippen LogP contribution in [0.3, 0.4) is 0 Å². The minimum atomic E-state index is -0.395. The number of nitrogens with zero attached hydrogens (tertiary/aromatic N) is 3. The van der Waals surface area contributed by atoms with Crippen LogP contribution in [0.2, 0.25) is 0 Å². The molecule has 220 valence electrons. The second kappa shape index (κ2) is 13.0. The topological polar surface area (TPSA) is 48.1 Å². The summed E-state index contributed by atoms with van der Waals surface area (Å²) in [5.41, 5.74) is 1.10. The van der Waals surface area contributed by atoms with Gasteiger partial charge in [-0.25, -0.2) is 4.79 Å². The van der Waals surface area contributed by atoms with Gasteiger partial charge >= 0.3 is 6.09 Å². The molecule has 4 aliphatic heterocycles. The van der Waals surface area contributed by atoms with Gasteiger partial charge in [0, 0.05) is 38.3 Å². The van der Waals surface area contributed by atoms with Gasteiger partial charge in [-0.1, -0.05) is 0 Å². The van der Waals surface area contributed by atoms with Crippen LogP contribution in [0, 0.1) is 10.8 Å². The maximum atomic E-state index is 12.3. The molecule has 6 nitrogen and oxygen atoms in total. The van der Waals surface area contributed by atoms with Gasteiger partial charge in [-0.3, -0.25) is 9.80 Å². The third kappa shape index (κ3) is 8.47. The molecule has 6 rings (SSSR count). The van der Waals surface area contributed by atoms with Crippen molar-refractivity contribution in [3.63, 3.8) is 0 Å². The molecule has 7 heteroatoms. The van der Waals surface area contributed by atoms with Crippen LogP contribution in [0.5, 0.6) is 0 Å². The number of nitrogens with one attached hydrogen (secondary N) is 1. The molecule has 4 heterocycles. The van der Waals surface area contributed by atoms with Crippen molar-refractivity contribution in [1.29, 1.82) is 0 Å². The second-order valence-corrected chi connectivity index (χ2v) is 14.5. The first-order chi connectivity index (χ1) is 17.8. The van der Waals surface area contributed by atoms with Gasteiger partial charge in [0.15, 0.2) is 0 Å². The Morgan fingerprint density at radius 2 is 1.29 bits per heavy atom.